The lowest BCUT2D eigenvalue weighted by molar-refractivity contribution is 0.121. The van der Waals surface area contributed by atoms with Crippen LogP contribution in [0.3, 0.4) is 0 Å². The minimum absolute atomic E-state index is 0.121. The third kappa shape index (κ3) is 10.7. The van der Waals surface area contributed by atoms with E-state index in [9.17, 15) is 10.2 Å². The number of hydrogen-bond acceptors (Lipinski definition) is 3. The smallest absolute Gasteiger partial charge is 0.0665 e. The van der Waals surface area contributed by atoms with E-state index in [0.717, 1.165) is 12.8 Å². The average Bonchev–Trinajstić information content (AvgIpc) is 2.26. The molecule has 0 amide bonds. The van der Waals surface area contributed by atoms with Crippen molar-refractivity contribution in [2.75, 3.05) is 6.54 Å². The average molecular weight is 245 g/mol. The van der Waals surface area contributed by atoms with Crippen molar-refractivity contribution in [1.29, 1.82) is 0 Å². The van der Waals surface area contributed by atoms with Crippen LogP contribution in [0.1, 0.15) is 65.7 Å². The topological polar surface area (TPSA) is 52.5 Å². The second-order valence-electron chi connectivity index (χ2n) is 5.16. The fourth-order valence-electron chi connectivity index (χ4n) is 1.98. The van der Waals surface area contributed by atoms with Crippen molar-refractivity contribution in [3.63, 3.8) is 0 Å². The van der Waals surface area contributed by atoms with Crippen LogP contribution >= 0.6 is 0 Å². The van der Waals surface area contributed by atoms with E-state index in [4.69, 9.17) is 0 Å². The number of rotatable bonds is 11. The molecular weight excluding hydrogens is 214 g/mol. The van der Waals surface area contributed by atoms with E-state index in [-0.39, 0.29) is 18.2 Å². The van der Waals surface area contributed by atoms with Gasteiger partial charge in [-0.05, 0) is 20.3 Å². The predicted octanol–water partition coefficient (Wildman–Crippen LogP) is 2.46. The molecule has 0 aromatic carbocycles. The first-order chi connectivity index (χ1) is 8.07. The molecule has 0 aliphatic carbocycles. The highest BCUT2D eigenvalue weighted by molar-refractivity contribution is 4.73. The van der Waals surface area contributed by atoms with Gasteiger partial charge in [0, 0.05) is 12.6 Å². The van der Waals surface area contributed by atoms with E-state index in [1.165, 1.54) is 32.1 Å². The van der Waals surface area contributed by atoms with Crippen LogP contribution in [0.25, 0.3) is 0 Å². The third-order valence-corrected chi connectivity index (χ3v) is 3.13. The number of aliphatic hydroxyl groups is 2. The zero-order valence-electron chi connectivity index (χ0n) is 11.8. The van der Waals surface area contributed by atoms with Crippen LogP contribution in [-0.4, -0.2) is 35.0 Å². The van der Waals surface area contributed by atoms with Crippen molar-refractivity contribution in [2.24, 2.45) is 0 Å². The summed E-state index contributed by atoms with van der Waals surface area (Å²) < 4.78 is 0. The molecule has 17 heavy (non-hydrogen) atoms. The van der Waals surface area contributed by atoms with Gasteiger partial charge in [-0.2, -0.15) is 0 Å². The first kappa shape index (κ1) is 16.9. The maximum absolute atomic E-state index is 9.62. The van der Waals surface area contributed by atoms with Crippen LogP contribution in [0, 0.1) is 0 Å². The van der Waals surface area contributed by atoms with Crippen molar-refractivity contribution in [1.82, 2.24) is 5.32 Å². The Balaban J connectivity index is 3.56. The van der Waals surface area contributed by atoms with Crippen molar-refractivity contribution in [3.05, 3.63) is 0 Å². The summed E-state index contributed by atoms with van der Waals surface area (Å²) in [5.41, 5.74) is 0. The highest BCUT2D eigenvalue weighted by Gasteiger charge is 2.14. The van der Waals surface area contributed by atoms with Gasteiger partial charge >= 0.3 is 0 Å². The molecule has 0 aromatic heterocycles. The van der Waals surface area contributed by atoms with Crippen LogP contribution in [0.15, 0.2) is 0 Å². The zero-order valence-corrected chi connectivity index (χ0v) is 11.8. The monoisotopic (exact) mass is 245 g/mol. The molecule has 3 atom stereocenters. The van der Waals surface area contributed by atoms with E-state index in [1.807, 2.05) is 6.92 Å². The standard InChI is InChI=1S/C14H31NO2/c1-4-5-6-7-8-9-10-14(13(3)17)15-11-12(2)16/h12-17H,4-11H2,1-3H3. The molecule has 3 unspecified atom stereocenters. The molecule has 0 rings (SSSR count). The van der Waals surface area contributed by atoms with Crippen LogP contribution in [-0.2, 0) is 0 Å². The minimum atomic E-state index is -0.346. The molecule has 0 aliphatic heterocycles. The molecule has 3 heteroatoms. The Morgan fingerprint density at radius 3 is 2.06 bits per heavy atom. The van der Waals surface area contributed by atoms with Gasteiger partial charge in [0.15, 0.2) is 0 Å². The fourth-order valence-corrected chi connectivity index (χ4v) is 1.98. The Bertz CT molecular complexity index is 160. The second kappa shape index (κ2) is 11.0. The fraction of sp³-hybridized carbons (Fsp3) is 1.00. The minimum Gasteiger partial charge on any atom is -0.392 e. The first-order valence-corrected chi connectivity index (χ1v) is 7.17. The SMILES string of the molecule is CCCCCCCCC(NCC(C)O)C(C)O. The van der Waals surface area contributed by atoms with Gasteiger partial charge < -0.3 is 15.5 Å². The van der Waals surface area contributed by atoms with E-state index < -0.39 is 0 Å². The Morgan fingerprint density at radius 2 is 1.53 bits per heavy atom. The molecule has 0 radical (unpaired) electrons. The lowest BCUT2D eigenvalue weighted by Crippen LogP contribution is -2.41. The molecule has 3 N–H and O–H groups in total. The Labute approximate surface area is 107 Å². The summed E-state index contributed by atoms with van der Waals surface area (Å²) in [6, 6.07) is 0.121. The molecule has 0 saturated heterocycles. The maximum atomic E-state index is 9.62. The highest BCUT2D eigenvalue weighted by atomic mass is 16.3. The second-order valence-corrected chi connectivity index (χ2v) is 5.16. The molecule has 3 nitrogen and oxygen atoms in total. The van der Waals surface area contributed by atoms with Gasteiger partial charge in [-0.15, -0.1) is 0 Å². The van der Waals surface area contributed by atoms with Gasteiger partial charge in [-0.3, -0.25) is 0 Å². The van der Waals surface area contributed by atoms with Crippen LogP contribution in [0.2, 0.25) is 0 Å². The molecule has 0 aromatic rings. The summed E-state index contributed by atoms with van der Waals surface area (Å²) in [4.78, 5) is 0. The van der Waals surface area contributed by atoms with E-state index in [1.54, 1.807) is 6.92 Å². The Kier molecular flexibility index (Phi) is 10.9. The van der Waals surface area contributed by atoms with Crippen molar-refractivity contribution in [2.45, 2.75) is 84.0 Å². The largest absolute Gasteiger partial charge is 0.392 e. The van der Waals surface area contributed by atoms with Gasteiger partial charge in [0.2, 0.25) is 0 Å². The molecule has 0 aliphatic rings. The number of nitrogens with one attached hydrogen (secondary N) is 1. The summed E-state index contributed by atoms with van der Waals surface area (Å²) in [5.74, 6) is 0. The van der Waals surface area contributed by atoms with Gasteiger partial charge in [0.25, 0.3) is 0 Å². The normalized spacial score (nSPS) is 16.8. The zero-order chi connectivity index (χ0) is 13.1. The van der Waals surface area contributed by atoms with Crippen molar-refractivity contribution in [3.8, 4) is 0 Å². The maximum Gasteiger partial charge on any atom is 0.0665 e. The van der Waals surface area contributed by atoms with Crippen LogP contribution in [0.4, 0.5) is 0 Å². The van der Waals surface area contributed by atoms with Crippen LogP contribution < -0.4 is 5.32 Å². The summed E-state index contributed by atoms with van der Waals surface area (Å²) >= 11 is 0. The Hall–Kier alpha value is -0.120. The van der Waals surface area contributed by atoms with Crippen molar-refractivity contribution < 1.29 is 10.2 Å². The Morgan fingerprint density at radius 1 is 0.941 bits per heavy atom. The summed E-state index contributed by atoms with van der Waals surface area (Å²) in [6.45, 7) is 6.36. The number of aliphatic hydroxyl groups excluding tert-OH is 2. The lowest BCUT2D eigenvalue weighted by Gasteiger charge is -2.22. The highest BCUT2D eigenvalue weighted by Crippen LogP contribution is 2.10. The summed E-state index contributed by atoms with van der Waals surface area (Å²) in [6.07, 6.45) is 7.97. The predicted molar refractivity (Wildman–Crippen MR) is 73.1 cm³/mol. The quantitative estimate of drug-likeness (QED) is 0.490. The van der Waals surface area contributed by atoms with Gasteiger partial charge in [0.05, 0.1) is 12.2 Å². The number of hydrogen-bond donors (Lipinski definition) is 3. The van der Waals surface area contributed by atoms with E-state index >= 15 is 0 Å². The molecule has 104 valence electrons. The first-order valence-electron chi connectivity index (χ1n) is 7.17. The molecule has 0 spiro atoms. The summed E-state index contributed by atoms with van der Waals surface area (Å²) in [7, 11) is 0. The number of unbranched alkanes of at least 4 members (excludes halogenated alkanes) is 5. The molecule has 0 fully saturated rings. The van der Waals surface area contributed by atoms with E-state index in [0.29, 0.717) is 6.54 Å². The molecule has 0 bridgehead atoms. The lowest BCUT2D eigenvalue weighted by atomic mass is 10.0. The van der Waals surface area contributed by atoms with Crippen molar-refractivity contribution >= 4 is 0 Å². The van der Waals surface area contributed by atoms with Gasteiger partial charge in [-0.25, -0.2) is 0 Å². The van der Waals surface area contributed by atoms with E-state index in [2.05, 4.69) is 12.2 Å². The van der Waals surface area contributed by atoms with Gasteiger partial charge in [-0.1, -0.05) is 45.4 Å². The molecular formula is C14H31NO2. The molecule has 0 saturated carbocycles. The summed E-state index contributed by atoms with van der Waals surface area (Å²) in [5, 5.41) is 22.0. The van der Waals surface area contributed by atoms with Crippen LogP contribution in [0.5, 0.6) is 0 Å². The third-order valence-electron chi connectivity index (χ3n) is 3.13. The van der Waals surface area contributed by atoms with Gasteiger partial charge in [0.1, 0.15) is 0 Å². The molecule has 0 heterocycles.